The molecular weight excluding hydrogens is 596 g/mol. The number of hydrogen-bond donors (Lipinski definition) is 2. The van der Waals surface area contributed by atoms with E-state index in [1.807, 2.05) is 32.3 Å². The quantitative estimate of drug-likeness (QED) is 0.118. The van der Waals surface area contributed by atoms with Crippen molar-refractivity contribution in [1.29, 1.82) is 0 Å². The highest BCUT2D eigenvalue weighted by atomic mass is 19.1. The average molecular weight is 638 g/mol. The van der Waals surface area contributed by atoms with Gasteiger partial charge < -0.3 is 19.5 Å². The Labute approximate surface area is 283 Å². The SMILES string of the molecule is CCCCn1c2ccc(C#Cc3ccc(N(C)C)cc3)cc2c2cc(CN(Cc3ccc(F)cc3)Cc3ccccc3B(O)O)ccc21. The maximum atomic E-state index is 13.7. The summed E-state index contributed by atoms with van der Waals surface area (Å²) in [5.41, 5.74) is 8.93. The van der Waals surface area contributed by atoms with Gasteiger partial charge in [-0.2, -0.15) is 0 Å². The van der Waals surface area contributed by atoms with Gasteiger partial charge in [0.1, 0.15) is 5.82 Å². The number of aryl methyl sites for hydroxylation is 1. The standard InChI is InChI=1S/C41H41BFN3O2/c1-4-5-24-46-40-22-16-31(11-10-30-14-20-36(21-15-30)44(2)3)25-37(40)38-26-33(17-23-41(38)46)28-45(27-32-12-18-35(43)19-13-32)29-34-8-6-7-9-39(34)42(47)48/h6-9,12-23,25-26,47-48H,4-5,24,27-29H2,1-3H3. The summed E-state index contributed by atoms with van der Waals surface area (Å²) in [6, 6.07) is 35.4. The third kappa shape index (κ3) is 7.64. The molecule has 0 aliphatic carbocycles. The van der Waals surface area contributed by atoms with E-state index in [1.54, 1.807) is 18.2 Å². The van der Waals surface area contributed by atoms with Crippen molar-refractivity contribution in [3.05, 3.63) is 143 Å². The van der Waals surface area contributed by atoms with Crippen LogP contribution in [-0.4, -0.2) is 40.7 Å². The summed E-state index contributed by atoms with van der Waals surface area (Å²) >= 11 is 0. The van der Waals surface area contributed by atoms with Crippen LogP contribution < -0.4 is 10.4 Å². The molecule has 2 N–H and O–H groups in total. The molecular formula is C41H41BFN3O2. The van der Waals surface area contributed by atoms with E-state index >= 15 is 0 Å². The maximum Gasteiger partial charge on any atom is 0.488 e. The van der Waals surface area contributed by atoms with Crippen LogP contribution in [0.15, 0.2) is 109 Å². The summed E-state index contributed by atoms with van der Waals surface area (Å²) in [4.78, 5) is 4.33. The van der Waals surface area contributed by atoms with Crippen LogP contribution in [-0.2, 0) is 26.2 Å². The topological polar surface area (TPSA) is 51.9 Å². The van der Waals surface area contributed by atoms with Crippen molar-refractivity contribution in [2.75, 3.05) is 19.0 Å². The predicted octanol–water partition coefficient (Wildman–Crippen LogP) is 7.08. The fraction of sp³-hybridized carbons (Fsp3) is 0.220. The molecule has 0 saturated carbocycles. The van der Waals surface area contributed by atoms with Gasteiger partial charge in [0.05, 0.1) is 0 Å². The molecule has 1 aromatic heterocycles. The third-order valence-corrected chi connectivity index (χ3v) is 8.85. The van der Waals surface area contributed by atoms with Gasteiger partial charge in [-0.05, 0) is 95.3 Å². The lowest BCUT2D eigenvalue weighted by Gasteiger charge is -2.24. The minimum atomic E-state index is -1.56. The second-order valence-electron chi connectivity index (χ2n) is 12.6. The van der Waals surface area contributed by atoms with Crippen molar-refractivity contribution in [2.24, 2.45) is 0 Å². The monoisotopic (exact) mass is 637 g/mol. The van der Waals surface area contributed by atoms with Crippen molar-refractivity contribution in [3.8, 4) is 11.8 Å². The van der Waals surface area contributed by atoms with E-state index in [2.05, 4.69) is 93.8 Å². The number of unbranched alkanes of at least 4 members (excludes halogenated alkanes) is 1. The van der Waals surface area contributed by atoms with E-state index in [-0.39, 0.29) is 5.82 Å². The second kappa shape index (κ2) is 14.9. The fourth-order valence-corrected chi connectivity index (χ4v) is 6.32. The first-order chi connectivity index (χ1) is 23.3. The number of anilines is 1. The lowest BCUT2D eigenvalue weighted by Crippen LogP contribution is -2.35. The van der Waals surface area contributed by atoms with E-state index in [9.17, 15) is 14.4 Å². The zero-order valence-electron chi connectivity index (χ0n) is 27.8. The summed E-state index contributed by atoms with van der Waals surface area (Å²) in [5, 5.41) is 22.5. The van der Waals surface area contributed by atoms with Crippen LogP contribution in [0.2, 0.25) is 0 Å². The van der Waals surface area contributed by atoms with Crippen molar-refractivity contribution in [1.82, 2.24) is 9.47 Å². The Balaban J connectivity index is 1.37. The number of nitrogens with zero attached hydrogens (tertiary/aromatic N) is 3. The first-order valence-corrected chi connectivity index (χ1v) is 16.5. The van der Waals surface area contributed by atoms with Gasteiger partial charge in [-0.25, -0.2) is 4.39 Å². The molecule has 0 amide bonds. The molecule has 0 spiro atoms. The maximum absolute atomic E-state index is 13.7. The Morgan fingerprint density at radius 2 is 1.33 bits per heavy atom. The normalized spacial score (nSPS) is 11.2. The third-order valence-electron chi connectivity index (χ3n) is 8.85. The lowest BCUT2D eigenvalue weighted by atomic mass is 9.77. The molecule has 5 aromatic carbocycles. The molecule has 0 atom stereocenters. The van der Waals surface area contributed by atoms with Crippen LogP contribution in [0.25, 0.3) is 21.8 Å². The van der Waals surface area contributed by atoms with Crippen LogP contribution in [0, 0.1) is 17.7 Å². The summed E-state index contributed by atoms with van der Waals surface area (Å²) < 4.78 is 16.2. The van der Waals surface area contributed by atoms with Gasteiger partial charge in [-0.3, -0.25) is 4.90 Å². The molecule has 48 heavy (non-hydrogen) atoms. The first-order valence-electron chi connectivity index (χ1n) is 16.5. The summed E-state index contributed by atoms with van der Waals surface area (Å²) in [6.45, 7) is 4.84. The Hall–Kier alpha value is -4.87. The fourth-order valence-electron chi connectivity index (χ4n) is 6.32. The number of hydrogen-bond acceptors (Lipinski definition) is 4. The van der Waals surface area contributed by atoms with Crippen LogP contribution >= 0.6 is 0 Å². The zero-order valence-corrected chi connectivity index (χ0v) is 27.8. The highest BCUT2D eigenvalue weighted by molar-refractivity contribution is 6.59. The molecule has 0 bridgehead atoms. The first kappa shape index (κ1) is 33.1. The van der Waals surface area contributed by atoms with Gasteiger partial charge in [-0.15, -0.1) is 0 Å². The minimum Gasteiger partial charge on any atom is -0.423 e. The Kier molecular flexibility index (Phi) is 10.3. The van der Waals surface area contributed by atoms with Crippen LogP contribution in [0.5, 0.6) is 0 Å². The van der Waals surface area contributed by atoms with Crippen LogP contribution in [0.1, 0.15) is 47.6 Å². The van der Waals surface area contributed by atoms with E-state index in [0.29, 0.717) is 25.1 Å². The van der Waals surface area contributed by atoms with Gasteiger partial charge in [0.25, 0.3) is 0 Å². The average Bonchev–Trinajstić information content (AvgIpc) is 3.39. The van der Waals surface area contributed by atoms with Crippen molar-refractivity contribution in [3.63, 3.8) is 0 Å². The van der Waals surface area contributed by atoms with Crippen molar-refractivity contribution in [2.45, 2.75) is 45.9 Å². The molecule has 0 unspecified atom stereocenters. The number of aromatic nitrogens is 1. The van der Waals surface area contributed by atoms with E-state index in [0.717, 1.165) is 52.9 Å². The lowest BCUT2D eigenvalue weighted by molar-refractivity contribution is 0.248. The molecule has 0 saturated heterocycles. The predicted molar refractivity (Wildman–Crippen MR) is 197 cm³/mol. The molecule has 242 valence electrons. The largest absolute Gasteiger partial charge is 0.488 e. The van der Waals surface area contributed by atoms with E-state index in [1.165, 1.54) is 33.9 Å². The second-order valence-corrected chi connectivity index (χ2v) is 12.6. The minimum absolute atomic E-state index is 0.268. The van der Waals surface area contributed by atoms with Gasteiger partial charge in [-0.1, -0.05) is 67.6 Å². The summed E-state index contributed by atoms with van der Waals surface area (Å²) in [6.07, 6.45) is 2.20. The molecule has 5 nitrogen and oxygen atoms in total. The van der Waals surface area contributed by atoms with Crippen LogP contribution in [0.3, 0.4) is 0 Å². The number of fused-ring (bicyclic) bond motifs is 3. The Morgan fingerprint density at radius 1 is 0.708 bits per heavy atom. The van der Waals surface area contributed by atoms with E-state index < -0.39 is 7.12 Å². The van der Waals surface area contributed by atoms with Crippen molar-refractivity contribution >= 4 is 40.1 Å². The number of benzene rings is 5. The molecule has 6 rings (SSSR count). The van der Waals surface area contributed by atoms with Gasteiger partial charge in [0.15, 0.2) is 0 Å². The van der Waals surface area contributed by atoms with Crippen LogP contribution in [0.4, 0.5) is 10.1 Å². The zero-order chi connectivity index (χ0) is 33.6. The molecule has 6 aromatic rings. The Bertz CT molecular complexity index is 2080. The molecule has 1 heterocycles. The summed E-state index contributed by atoms with van der Waals surface area (Å²) in [5.74, 6) is 6.46. The highest BCUT2D eigenvalue weighted by Crippen LogP contribution is 2.32. The van der Waals surface area contributed by atoms with Crippen molar-refractivity contribution < 1.29 is 14.4 Å². The Morgan fingerprint density at radius 3 is 2.04 bits per heavy atom. The molecule has 0 aliphatic heterocycles. The molecule has 0 fully saturated rings. The van der Waals surface area contributed by atoms with E-state index in [4.69, 9.17) is 0 Å². The van der Waals surface area contributed by atoms with Gasteiger partial charge in [0, 0.05) is 78.9 Å². The van der Waals surface area contributed by atoms with Gasteiger partial charge in [0.2, 0.25) is 0 Å². The molecule has 0 aliphatic rings. The smallest absolute Gasteiger partial charge is 0.423 e. The summed E-state index contributed by atoms with van der Waals surface area (Å²) in [7, 11) is 2.50. The number of rotatable bonds is 11. The number of halogens is 1. The molecule has 7 heteroatoms. The van der Waals surface area contributed by atoms with Gasteiger partial charge >= 0.3 is 7.12 Å². The molecule has 0 radical (unpaired) electrons. The highest BCUT2D eigenvalue weighted by Gasteiger charge is 2.19.